The molecule has 82 valence electrons. The number of hydrogen-bond acceptors (Lipinski definition) is 3. The van der Waals surface area contributed by atoms with E-state index in [-0.39, 0.29) is 0 Å². The standard InChI is InChI=1S/C12H19N3/c1-13-12(10-5-8-14-9-6-10)11-4-2-3-7-15-11/h2-4,7,10,12-14H,5-6,8-9H2,1H3. The predicted molar refractivity (Wildman–Crippen MR) is 61.6 cm³/mol. The maximum absolute atomic E-state index is 4.44. The molecule has 0 spiro atoms. The Morgan fingerprint density at radius 2 is 2.20 bits per heavy atom. The molecule has 0 saturated carbocycles. The summed E-state index contributed by atoms with van der Waals surface area (Å²) in [5, 5.41) is 6.79. The Morgan fingerprint density at radius 3 is 2.80 bits per heavy atom. The predicted octanol–water partition coefficient (Wildman–Crippen LogP) is 1.34. The summed E-state index contributed by atoms with van der Waals surface area (Å²) in [6, 6.07) is 6.56. The molecule has 1 aliphatic heterocycles. The molecule has 3 nitrogen and oxygen atoms in total. The van der Waals surface area contributed by atoms with Crippen LogP contribution in [0.3, 0.4) is 0 Å². The van der Waals surface area contributed by atoms with Gasteiger partial charge < -0.3 is 10.6 Å². The maximum atomic E-state index is 4.44. The molecular weight excluding hydrogens is 186 g/mol. The lowest BCUT2D eigenvalue weighted by atomic mass is 9.88. The first-order chi connectivity index (χ1) is 7.42. The van der Waals surface area contributed by atoms with Gasteiger partial charge in [0.1, 0.15) is 0 Å². The summed E-state index contributed by atoms with van der Waals surface area (Å²) >= 11 is 0. The third kappa shape index (κ3) is 2.55. The Balaban J connectivity index is 2.09. The first-order valence-corrected chi connectivity index (χ1v) is 5.70. The Morgan fingerprint density at radius 1 is 1.40 bits per heavy atom. The second-order valence-corrected chi connectivity index (χ2v) is 4.11. The highest BCUT2D eigenvalue weighted by atomic mass is 14.9. The van der Waals surface area contributed by atoms with Crippen LogP contribution >= 0.6 is 0 Å². The average Bonchev–Trinajstić information content (AvgIpc) is 2.33. The quantitative estimate of drug-likeness (QED) is 0.782. The number of hydrogen-bond donors (Lipinski definition) is 2. The van der Waals surface area contributed by atoms with E-state index >= 15 is 0 Å². The van der Waals surface area contributed by atoms with Crippen molar-refractivity contribution in [2.75, 3.05) is 20.1 Å². The van der Waals surface area contributed by atoms with E-state index in [1.165, 1.54) is 18.5 Å². The molecule has 0 bridgehead atoms. The summed E-state index contributed by atoms with van der Waals surface area (Å²) < 4.78 is 0. The van der Waals surface area contributed by atoms with Crippen LogP contribution in [-0.2, 0) is 0 Å². The van der Waals surface area contributed by atoms with Gasteiger partial charge in [-0.3, -0.25) is 4.98 Å². The molecule has 0 aromatic carbocycles. The molecular formula is C12H19N3. The first-order valence-electron chi connectivity index (χ1n) is 5.70. The molecule has 15 heavy (non-hydrogen) atoms. The van der Waals surface area contributed by atoms with Crippen LogP contribution in [-0.4, -0.2) is 25.1 Å². The molecule has 3 heteroatoms. The maximum Gasteiger partial charge on any atom is 0.0575 e. The molecule has 0 amide bonds. The van der Waals surface area contributed by atoms with Crippen LogP contribution in [0.15, 0.2) is 24.4 Å². The van der Waals surface area contributed by atoms with E-state index in [0.717, 1.165) is 13.1 Å². The third-order valence-corrected chi connectivity index (χ3v) is 3.17. The molecule has 1 unspecified atom stereocenters. The minimum atomic E-state index is 0.410. The van der Waals surface area contributed by atoms with Crippen LogP contribution in [0.2, 0.25) is 0 Å². The molecule has 1 aromatic rings. The monoisotopic (exact) mass is 205 g/mol. The van der Waals surface area contributed by atoms with Gasteiger partial charge in [-0.15, -0.1) is 0 Å². The van der Waals surface area contributed by atoms with E-state index in [1.807, 2.05) is 19.3 Å². The van der Waals surface area contributed by atoms with Gasteiger partial charge in [0.2, 0.25) is 0 Å². The largest absolute Gasteiger partial charge is 0.317 e. The zero-order valence-electron chi connectivity index (χ0n) is 9.24. The topological polar surface area (TPSA) is 37.0 Å². The van der Waals surface area contributed by atoms with E-state index in [1.54, 1.807) is 0 Å². The van der Waals surface area contributed by atoms with Gasteiger partial charge >= 0.3 is 0 Å². The molecule has 1 fully saturated rings. The Hall–Kier alpha value is -0.930. The second-order valence-electron chi connectivity index (χ2n) is 4.11. The van der Waals surface area contributed by atoms with Crippen LogP contribution < -0.4 is 10.6 Å². The van der Waals surface area contributed by atoms with Crippen molar-refractivity contribution in [1.29, 1.82) is 0 Å². The summed E-state index contributed by atoms with van der Waals surface area (Å²) in [6.45, 7) is 2.27. The normalized spacial score (nSPS) is 20.1. The lowest BCUT2D eigenvalue weighted by Crippen LogP contribution is -2.35. The smallest absolute Gasteiger partial charge is 0.0575 e. The molecule has 1 atom stereocenters. The SMILES string of the molecule is CNC(c1ccccn1)C1CCNCC1. The van der Waals surface area contributed by atoms with Crippen LogP contribution in [0.1, 0.15) is 24.6 Å². The minimum absolute atomic E-state index is 0.410. The fraction of sp³-hybridized carbons (Fsp3) is 0.583. The fourth-order valence-corrected chi connectivity index (χ4v) is 2.36. The number of nitrogens with one attached hydrogen (secondary N) is 2. The molecule has 0 radical (unpaired) electrons. The molecule has 1 aromatic heterocycles. The minimum Gasteiger partial charge on any atom is -0.317 e. The van der Waals surface area contributed by atoms with Gasteiger partial charge in [0, 0.05) is 6.20 Å². The molecule has 1 saturated heterocycles. The molecule has 2 heterocycles. The lowest BCUT2D eigenvalue weighted by Gasteiger charge is -2.30. The van der Waals surface area contributed by atoms with E-state index in [2.05, 4.69) is 27.8 Å². The van der Waals surface area contributed by atoms with Crippen molar-refractivity contribution in [3.63, 3.8) is 0 Å². The highest BCUT2D eigenvalue weighted by Crippen LogP contribution is 2.26. The van der Waals surface area contributed by atoms with Crippen molar-refractivity contribution in [2.45, 2.75) is 18.9 Å². The van der Waals surface area contributed by atoms with Crippen LogP contribution in [0.4, 0.5) is 0 Å². The van der Waals surface area contributed by atoms with Crippen LogP contribution in [0, 0.1) is 5.92 Å². The van der Waals surface area contributed by atoms with E-state index in [0.29, 0.717) is 12.0 Å². The van der Waals surface area contributed by atoms with Crippen LogP contribution in [0.25, 0.3) is 0 Å². The van der Waals surface area contributed by atoms with Crippen molar-refractivity contribution in [3.8, 4) is 0 Å². The Labute approximate surface area is 91.3 Å². The highest BCUT2D eigenvalue weighted by molar-refractivity contribution is 5.10. The highest BCUT2D eigenvalue weighted by Gasteiger charge is 2.24. The number of piperidine rings is 1. The van der Waals surface area contributed by atoms with Crippen molar-refractivity contribution in [3.05, 3.63) is 30.1 Å². The summed E-state index contributed by atoms with van der Waals surface area (Å²) in [4.78, 5) is 4.44. The van der Waals surface area contributed by atoms with Gasteiger partial charge in [-0.1, -0.05) is 6.07 Å². The van der Waals surface area contributed by atoms with Crippen LogP contribution in [0.5, 0.6) is 0 Å². The van der Waals surface area contributed by atoms with E-state index in [4.69, 9.17) is 0 Å². The first kappa shape index (κ1) is 10.6. The summed E-state index contributed by atoms with van der Waals surface area (Å²) in [6.07, 6.45) is 4.35. The van der Waals surface area contributed by atoms with Gasteiger partial charge in [0.05, 0.1) is 11.7 Å². The van der Waals surface area contributed by atoms with E-state index < -0.39 is 0 Å². The summed E-state index contributed by atoms with van der Waals surface area (Å²) in [5.41, 5.74) is 1.17. The zero-order valence-corrected chi connectivity index (χ0v) is 9.24. The summed E-state index contributed by atoms with van der Waals surface area (Å²) in [5.74, 6) is 0.714. The number of aromatic nitrogens is 1. The van der Waals surface area contributed by atoms with Gasteiger partial charge in [-0.2, -0.15) is 0 Å². The van der Waals surface area contributed by atoms with Gasteiger partial charge in [0.15, 0.2) is 0 Å². The van der Waals surface area contributed by atoms with Crippen molar-refractivity contribution in [2.24, 2.45) is 5.92 Å². The van der Waals surface area contributed by atoms with Crippen molar-refractivity contribution in [1.82, 2.24) is 15.6 Å². The van der Waals surface area contributed by atoms with E-state index in [9.17, 15) is 0 Å². The molecule has 0 aliphatic carbocycles. The molecule has 1 aliphatic rings. The van der Waals surface area contributed by atoms with Crippen molar-refractivity contribution < 1.29 is 0 Å². The van der Waals surface area contributed by atoms with Gasteiger partial charge in [-0.25, -0.2) is 0 Å². The second kappa shape index (κ2) is 5.24. The lowest BCUT2D eigenvalue weighted by molar-refractivity contribution is 0.290. The van der Waals surface area contributed by atoms with Gasteiger partial charge in [-0.05, 0) is 51.0 Å². The Kier molecular flexibility index (Phi) is 3.69. The zero-order chi connectivity index (χ0) is 10.5. The average molecular weight is 205 g/mol. The molecule has 2 N–H and O–H groups in total. The number of pyridine rings is 1. The fourth-order valence-electron chi connectivity index (χ4n) is 2.36. The third-order valence-electron chi connectivity index (χ3n) is 3.17. The molecule has 2 rings (SSSR count). The van der Waals surface area contributed by atoms with Gasteiger partial charge in [0.25, 0.3) is 0 Å². The Bertz CT molecular complexity index is 280. The number of rotatable bonds is 3. The summed E-state index contributed by atoms with van der Waals surface area (Å²) in [7, 11) is 2.03. The number of nitrogens with zero attached hydrogens (tertiary/aromatic N) is 1. The van der Waals surface area contributed by atoms with Crippen molar-refractivity contribution >= 4 is 0 Å².